The SMILES string of the molecule is CCOC(=O)c1c(C)n(-c2ccc(OC)cc2)c2cc(C)c(NS(=O)(=O)c3cccc([N+](=O)[O-])c3)cc12. The van der Waals surface area contributed by atoms with Gasteiger partial charge in [-0.25, -0.2) is 13.2 Å². The first-order valence-electron chi connectivity index (χ1n) is 11.3. The van der Waals surface area contributed by atoms with Crippen LogP contribution in [0.1, 0.15) is 28.5 Å². The molecule has 0 saturated heterocycles. The van der Waals surface area contributed by atoms with Crippen molar-refractivity contribution in [2.45, 2.75) is 25.7 Å². The van der Waals surface area contributed by atoms with E-state index >= 15 is 0 Å². The Morgan fingerprint density at radius 1 is 1.08 bits per heavy atom. The maximum Gasteiger partial charge on any atom is 0.340 e. The molecule has 1 aromatic heterocycles. The molecule has 192 valence electrons. The molecule has 0 saturated carbocycles. The van der Waals surface area contributed by atoms with E-state index in [9.17, 15) is 23.3 Å². The Hall–Kier alpha value is -4.38. The summed E-state index contributed by atoms with van der Waals surface area (Å²) in [5, 5.41) is 11.6. The van der Waals surface area contributed by atoms with E-state index in [1.54, 1.807) is 52.1 Å². The van der Waals surface area contributed by atoms with Crippen LogP contribution in [0.25, 0.3) is 16.6 Å². The van der Waals surface area contributed by atoms with Crippen LogP contribution in [0.2, 0.25) is 0 Å². The molecule has 0 aliphatic carbocycles. The number of benzene rings is 3. The molecule has 0 bridgehead atoms. The first kappa shape index (κ1) is 25.7. The number of methoxy groups -OCH3 is 1. The third kappa shape index (κ3) is 4.85. The maximum absolute atomic E-state index is 13.1. The number of non-ortho nitro benzene ring substituents is 1. The van der Waals surface area contributed by atoms with Crippen LogP contribution in [0.15, 0.2) is 65.6 Å². The monoisotopic (exact) mass is 523 g/mol. The Kier molecular flexibility index (Phi) is 6.90. The van der Waals surface area contributed by atoms with Crippen LogP contribution >= 0.6 is 0 Å². The van der Waals surface area contributed by atoms with Gasteiger partial charge in [-0.15, -0.1) is 0 Å². The number of anilines is 1. The van der Waals surface area contributed by atoms with Crippen LogP contribution in [0.3, 0.4) is 0 Å². The van der Waals surface area contributed by atoms with Gasteiger partial charge in [0, 0.05) is 28.9 Å². The van der Waals surface area contributed by atoms with Crippen molar-refractivity contribution in [3.05, 3.63) is 87.6 Å². The van der Waals surface area contributed by atoms with Gasteiger partial charge in [0.2, 0.25) is 0 Å². The molecule has 1 N–H and O–H groups in total. The van der Waals surface area contributed by atoms with E-state index in [2.05, 4.69) is 4.72 Å². The van der Waals surface area contributed by atoms with Crippen molar-refractivity contribution in [2.75, 3.05) is 18.4 Å². The zero-order chi connectivity index (χ0) is 26.9. The van der Waals surface area contributed by atoms with Crippen molar-refractivity contribution >= 4 is 38.3 Å². The van der Waals surface area contributed by atoms with Gasteiger partial charge >= 0.3 is 5.97 Å². The molecule has 0 fully saturated rings. The Morgan fingerprint density at radius 3 is 2.41 bits per heavy atom. The van der Waals surface area contributed by atoms with Crippen LogP contribution in [-0.4, -0.2) is 37.6 Å². The number of carbonyl (C=O) groups excluding carboxylic acids is 1. The number of ether oxygens (including phenoxy) is 2. The highest BCUT2D eigenvalue weighted by atomic mass is 32.2. The van der Waals surface area contributed by atoms with E-state index in [0.29, 0.717) is 33.5 Å². The molecule has 4 aromatic rings. The summed E-state index contributed by atoms with van der Waals surface area (Å²) in [6.45, 7) is 5.40. The standard InChI is InChI=1S/C26H25N3O7S/c1-5-36-26(30)25-17(3)28(18-9-11-20(35-4)12-10-18)24-13-16(2)23(15-22(24)25)27-37(33,34)21-8-6-7-19(14-21)29(31)32/h6-15,27H,5H2,1-4H3. The van der Waals surface area contributed by atoms with Gasteiger partial charge in [-0.05, 0) is 68.8 Å². The van der Waals surface area contributed by atoms with Gasteiger partial charge in [-0.3, -0.25) is 14.8 Å². The molecule has 0 spiro atoms. The topological polar surface area (TPSA) is 130 Å². The first-order chi connectivity index (χ1) is 17.6. The van der Waals surface area contributed by atoms with Crippen molar-refractivity contribution < 1.29 is 27.6 Å². The smallest absolute Gasteiger partial charge is 0.340 e. The Morgan fingerprint density at radius 2 is 1.78 bits per heavy atom. The number of fused-ring (bicyclic) bond motifs is 1. The number of sulfonamides is 1. The Bertz CT molecular complexity index is 1620. The van der Waals surface area contributed by atoms with Gasteiger partial charge in [0.05, 0.1) is 40.3 Å². The second-order valence-electron chi connectivity index (χ2n) is 8.26. The molecule has 0 amide bonds. The molecule has 0 unspecified atom stereocenters. The van der Waals surface area contributed by atoms with Gasteiger partial charge in [-0.2, -0.15) is 0 Å². The Balaban J connectivity index is 1.88. The lowest BCUT2D eigenvalue weighted by molar-refractivity contribution is -0.385. The second-order valence-corrected chi connectivity index (χ2v) is 9.94. The number of nitro groups is 1. The Labute approximate surface area is 213 Å². The summed E-state index contributed by atoms with van der Waals surface area (Å²) < 4.78 is 41.2. The molecule has 4 rings (SSSR count). The molecule has 3 aromatic carbocycles. The maximum atomic E-state index is 13.1. The third-order valence-corrected chi connectivity index (χ3v) is 7.31. The van der Waals surface area contributed by atoms with Gasteiger partial charge in [0.25, 0.3) is 15.7 Å². The van der Waals surface area contributed by atoms with Gasteiger partial charge < -0.3 is 14.0 Å². The fourth-order valence-electron chi connectivity index (χ4n) is 4.17. The quantitative estimate of drug-likeness (QED) is 0.192. The van der Waals surface area contributed by atoms with E-state index < -0.39 is 20.9 Å². The number of aromatic nitrogens is 1. The highest BCUT2D eigenvalue weighted by molar-refractivity contribution is 7.92. The number of aryl methyl sites for hydroxylation is 1. The van der Waals surface area contributed by atoms with E-state index in [0.717, 1.165) is 11.8 Å². The summed E-state index contributed by atoms with van der Waals surface area (Å²) >= 11 is 0. The molecular formula is C26H25N3O7S. The van der Waals surface area contributed by atoms with Crippen molar-refractivity contribution in [1.29, 1.82) is 0 Å². The fourth-order valence-corrected chi connectivity index (χ4v) is 5.33. The molecule has 11 heteroatoms. The highest BCUT2D eigenvalue weighted by Crippen LogP contribution is 2.35. The normalized spacial score (nSPS) is 11.4. The van der Waals surface area contributed by atoms with E-state index in [4.69, 9.17) is 9.47 Å². The van der Waals surface area contributed by atoms with Crippen molar-refractivity contribution in [3.8, 4) is 11.4 Å². The molecule has 37 heavy (non-hydrogen) atoms. The number of nitro benzene ring substituents is 1. The molecule has 0 atom stereocenters. The van der Waals surface area contributed by atoms with Crippen molar-refractivity contribution in [2.24, 2.45) is 0 Å². The zero-order valence-corrected chi connectivity index (χ0v) is 21.5. The van der Waals surface area contributed by atoms with Crippen LogP contribution < -0.4 is 9.46 Å². The molecular weight excluding hydrogens is 498 g/mol. The average Bonchev–Trinajstić information content (AvgIpc) is 3.14. The predicted octanol–water partition coefficient (Wildman–Crippen LogP) is 5.14. The van der Waals surface area contributed by atoms with Crippen molar-refractivity contribution in [1.82, 2.24) is 4.57 Å². The number of nitrogens with zero attached hydrogens (tertiary/aromatic N) is 2. The molecule has 1 heterocycles. The number of nitrogens with one attached hydrogen (secondary N) is 1. The van der Waals surface area contributed by atoms with Crippen LogP contribution in [0.5, 0.6) is 5.75 Å². The van der Waals surface area contributed by atoms with Gasteiger partial charge in [0.15, 0.2) is 0 Å². The van der Waals surface area contributed by atoms with E-state index in [1.807, 2.05) is 16.7 Å². The summed E-state index contributed by atoms with van der Waals surface area (Å²) in [7, 11) is -2.59. The molecule has 0 aliphatic heterocycles. The zero-order valence-electron chi connectivity index (χ0n) is 20.6. The summed E-state index contributed by atoms with van der Waals surface area (Å²) in [5.74, 6) is 0.145. The third-order valence-electron chi connectivity index (χ3n) is 5.94. The lowest BCUT2D eigenvalue weighted by Gasteiger charge is -2.13. The summed E-state index contributed by atoms with van der Waals surface area (Å²) in [6, 6.07) is 15.5. The highest BCUT2D eigenvalue weighted by Gasteiger charge is 2.25. The number of hydrogen-bond donors (Lipinski definition) is 1. The van der Waals surface area contributed by atoms with Gasteiger partial charge in [0.1, 0.15) is 5.75 Å². The number of rotatable bonds is 8. The lowest BCUT2D eigenvalue weighted by atomic mass is 10.1. The first-order valence-corrected chi connectivity index (χ1v) is 12.8. The van der Waals surface area contributed by atoms with E-state index in [1.165, 1.54) is 18.2 Å². The number of carbonyl (C=O) groups is 1. The van der Waals surface area contributed by atoms with Crippen LogP contribution in [-0.2, 0) is 14.8 Å². The second kappa shape index (κ2) is 9.94. The molecule has 10 nitrogen and oxygen atoms in total. The largest absolute Gasteiger partial charge is 0.497 e. The summed E-state index contributed by atoms with van der Waals surface area (Å²) in [6.07, 6.45) is 0. The minimum absolute atomic E-state index is 0.172. The number of hydrogen-bond acceptors (Lipinski definition) is 7. The minimum atomic E-state index is -4.16. The molecule has 0 radical (unpaired) electrons. The number of esters is 1. The van der Waals surface area contributed by atoms with Crippen molar-refractivity contribution in [3.63, 3.8) is 0 Å². The minimum Gasteiger partial charge on any atom is -0.497 e. The van der Waals surface area contributed by atoms with Crippen LogP contribution in [0, 0.1) is 24.0 Å². The lowest BCUT2D eigenvalue weighted by Crippen LogP contribution is -2.14. The van der Waals surface area contributed by atoms with E-state index in [-0.39, 0.29) is 22.9 Å². The predicted molar refractivity (Wildman–Crippen MR) is 139 cm³/mol. The fraction of sp³-hybridized carbons (Fsp3) is 0.192. The summed E-state index contributed by atoms with van der Waals surface area (Å²) in [4.78, 5) is 23.2. The van der Waals surface area contributed by atoms with Crippen LogP contribution in [0.4, 0.5) is 11.4 Å². The summed E-state index contributed by atoms with van der Waals surface area (Å²) in [5.41, 5.74) is 2.87. The molecule has 0 aliphatic rings. The van der Waals surface area contributed by atoms with Gasteiger partial charge in [-0.1, -0.05) is 6.07 Å². The average molecular weight is 524 g/mol.